The van der Waals surface area contributed by atoms with Crippen molar-refractivity contribution in [3.8, 4) is 5.75 Å². The molecule has 0 spiro atoms. The number of carbonyl (C=O) groups excluding carboxylic acids is 1. The molecular formula is C13H15BrO3. The Morgan fingerprint density at radius 3 is 2.71 bits per heavy atom. The summed E-state index contributed by atoms with van der Waals surface area (Å²) >= 11 is 3.45. The Morgan fingerprint density at radius 1 is 1.47 bits per heavy atom. The van der Waals surface area contributed by atoms with Crippen molar-refractivity contribution in [3.63, 3.8) is 0 Å². The fourth-order valence-electron chi connectivity index (χ4n) is 1.97. The second-order valence-corrected chi connectivity index (χ2v) is 5.85. The summed E-state index contributed by atoms with van der Waals surface area (Å²) < 4.78 is 5.82. The van der Waals surface area contributed by atoms with E-state index in [1.54, 1.807) is 18.2 Å². The van der Waals surface area contributed by atoms with Crippen molar-refractivity contribution in [2.75, 3.05) is 0 Å². The Balaban J connectivity index is 2.50. The molecule has 17 heavy (non-hydrogen) atoms. The van der Waals surface area contributed by atoms with E-state index in [0.29, 0.717) is 16.9 Å². The molecule has 92 valence electrons. The highest BCUT2D eigenvalue weighted by molar-refractivity contribution is 9.09. The highest BCUT2D eigenvalue weighted by Crippen LogP contribution is 2.43. The van der Waals surface area contributed by atoms with Crippen LogP contribution in [0.4, 0.5) is 0 Å². The summed E-state index contributed by atoms with van der Waals surface area (Å²) in [5, 5.41) is 10.2. The number of ether oxygens (including phenoxy) is 1. The first-order valence-corrected chi connectivity index (χ1v) is 6.40. The van der Waals surface area contributed by atoms with E-state index in [4.69, 9.17) is 4.74 Å². The van der Waals surface area contributed by atoms with Gasteiger partial charge in [0.25, 0.3) is 0 Å². The van der Waals surface area contributed by atoms with Crippen LogP contribution in [0.5, 0.6) is 5.75 Å². The van der Waals surface area contributed by atoms with E-state index in [-0.39, 0.29) is 10.6 Å². The molecule has 0 saturated heterocycles. The number of carbonyl (C=O) groups is 1. The third-order valence-electron chi connectivity index (χ3n) is 3.05. The first-order valence-electron chi connectivity index (χ1n) is 5.49. The lowest BCUT2D eigenvalue weighted by Gasteiger charge is -2.40. The molecule has 2 rings (SSSR count). The van der Waals surface area contributed by atoms with Gasteiger partial charge in [-0.1, -0.05) is 15.9 Å². The van der Waals surface area contributed by atoms with Gasteiger partial charge in [-0.2, -0.15) is 0 Å². The summed E-state index contributed by atoms with van der Waals surface area (Å²) in [6, 6.07) is 5.17. The number of halogens is 1. The molecule has 1 N–H and O–H groups in total. The topological polar surface area (TPSA) is 46.5 Å². The van der Waals surface area contributed by atoms with Crippen LogP contribution in [-0.2, 0) is 0 Å². The van der Waals surface area contributed by atoms with Crippen LogP contribution in [0, 0.1) is 0 Å². The van der Waals surface area contributed by atoms with Crippen LogP contribution in [0.25, 0.3) is 0 Å². The van der Waals surface area contributed by atoms with Crippen LogP contribution in [0.15, 0.2) is 18.2 Å². The molecule has 0 aromatic heterocycles. The SMILES string of the molecule is CC(=O)c1ccc2c(c1)C(O)C(Br)C(C)(C)O2. The number of rotatable bonds is 1. The third kappa shape index (κ3) is 2.11. The molecule has 2 unspecified atom stereocenters. The first-order chi connectivity index (χ1) is 7.83. The first kappa shape index (κ1) is 12.6. The quantitative estimate of drug-likeness (QED) is 0.640. The number of ketones is 1. The molecular weight excluding hydrogens is 284 g/mol. The number of hydrogen-bond donors (Lipinski definition) is 1. The van der Waals surface area contributed by atoms with Gasteiger partial charge in [-0.15, -0.1) is 0 Å². The van der Waals surface area contributed by atoms with Gasteiger partial charge >= 0.3 is 0 Å². The molecule has 0 bridgehead atoms. The standard InChI is InChI=1S/C13H15BrO3/c1-7(15)8-4-5-10-9(6-8)11(16)12(14)13(2,3)17-10/h4-6,11-12,16H,1-3H3. The molecule has 1 aliphatic rings. The maximum Gasteiger partial charge on any atom is 0.159 e. The van der Waals surface area contributed by atoms with E-state index in [1.807, 2.05) is 13.8 Å². The van der Waals surface area contributed by atoms with Gasteiger partial charge in [0, 0.05) is 11.1 Å². The summed E-state index contributed by atoms with van der Waals surface area (Å²) in [7, 11) is 0. The molecule has 0 radical (unpaired) electrons. The maximum absolute atomic E-state index is 11.3. The van der Waals surface area contributed by atoms with E-state index in [9.17, 15) is 9.90 Å². The summed E-state index contributed by atoms with van der Waals surface area (Å²) in [6.07, 6.45) is -0.673. The average Bonchev–Trinajstić information content (AvgIpc) is 2.25. The number of Topliss-reactive ketones (excluding diaryl/α,β-unsaturated/α-hetero) is 1. The third-order valence-corrected chi connectivity index (χ3v) is 4.65. The number of aliphatic hydroxyl groups is 1. The molecule has 2 atom stereocenters. The number of alkyl halides is 1. The molecule has 1 aliphatic heterocycles. The molecule has 0 amide bonds. The zero-order valence-corrected chi connectivity index (χ0v) is 11.6. The Bertz CT molecular complexity index is 468. The minimum Gasteiger partial charge on any atom is -0.486 e. The Labute approximate surface area is 109 Å². The van der Waals surface area contributed by atoms with Crippen molar-refractivity contribution in [1.29, 1.82) is 0 Å². The van der Waals surface area contributed by atoms with Gasteiger partial charge in [0.1, 0.15) is 11.4 Å². The Kier molecular flexibility index (Phi) is 3.04. The molecule has 0 fully saturated rings. The van der Waals surface area contributed by atoms with Crippen LogP contribution in [0.3, 0.4) is 0 Å². The lowest BCUT2D eigenvalue weighted by molar-refractivity contribution is 0.0225. The Morgan fingerprint density at radius 2 is 2.12 bits per heavy atom. The summed E-state index contributed by atoms with van der Waals surface area (Å²) in [5.41, 5.74) is 0.772. The normalized spacial score (nSPS) is 25.9. The maximum atomic E-state index is 11.3. The van der Waals surface area contributed by atoms with Crippen LogP contribution in [-0.4, -0.2) is 21.3 Å². The van der Waals surface area contributed by atoms with E-state index in [1.165, 1.54) is 6.92 Å². The van der Waals surface area contributed by atoms with Crippen molar-refractivity contribution in [2.24, 2.45) is 0 Å². The van der Waals surface area contributed by atoms with Gasteiger partial charge in [0.15, 0.2) is 5.78 Å². The van der Waals surface area contributed by atoms with Crippen molar-refractivity contribution in [1.82, 2.24) is 0 Å². The van der Waals surface area contributed by atoms with E-state index < -0.39 is 11.7 Å². The molecule has 1 aromatic carbocycles. The van der Waals surface area contributed by atoms with Gasteiger partial charge in [0.05, 0.1) is 10.9 Å². The largest absolute Gasteiger partial charge is 0.486 e. The highest BCUT2D eigenvalue weighted by atomic mass is 79.9. The van der Waals surface area contributed by atoms with Gasteiger partial charge < -0.3 is 9.84 Å². The lowest BCUT2D eigenvalue weighted by atomic mass is 9.90. The van der Waals surface area contributed by atoms with E-state index >= 15 is 0 Å². The number of benzene rings is 1. The number of hydrogen-bond acceptors (Lipinski definition) is 3. The van der Waals surface area contributed by atoms with Crippen molar-refractivity contribution in [2.45, 2.75) is 37.3 Å². The number of aliphatic hydroxyl groups excluding tert-OH is 1. The van der Waals surface area contributed by atoms with Crippen molar-refractivity contribution in [3.05, 3.63) is 29.3 Å². The second-order valence-electron chi connectivity index (χ2n) is 4.86. The van der Waals surface area contributed by atoms with Gasteiger partial charge in [-0.05, 0) is 39.0 Å². The lowest BCUT2D eigenvalue weighted by Crippen LogP contribution is -2.45. The average molecular weight is 299 g/mol. The molecule has 0 aliphatic carbocycles. The minimum absolute atomic E-state index is 0.0176. The molecule has 0 saturated carbocycles. The fraction of sp³-hybridized carbons (Fsp3) is 0.462. The molecule has 1 aromatic rings. The number of fused-ring (bicyclic) bond motifs is 1. The van der Waals surface area contributed by atoms with Crippen LogP contribution >= 0.6 is 15.9 Å². The predicted molar refractivity (Wildman–Crippen MR) is 68.8 cm³/mol. The monoisotopic (exact) mass is 298 g/mol. The minimum atomic E-state index is -0.673. The van der Waals surface area contributed by atoms with Gasteiger partial charge in [-0.25, -0.2) is 0 Å². The predicted octanol–water partition coefficient (Wildman–Crippen LogP) is 2.86. The van der Waals surface area contributed by atoms with Crippen LogP contribution in [0.1, 0.15) is 42.8 Å². The van der Waals surface area contributed by atoms with Gasteiger partial charge in [0.2, 0.25) is 0 Å². The molecule has 3 nitrogen and oxygen atoms in total. The summed E-state index contributed by atoms with van der Waals surface area (Å²) in [5.74, 6) is 0.624. The van der Waals surface area contributed by atoms with Gasteiger partial charge in [-0.3, -0.25) is 4.79 Å². The molecule has 1 heterocycles. The van der Waals surface area contributed by atoms with Crippen LogP contribution < -0.4 is 4.74 Å². The van der Waals surface area contributed by atoms with Crippen LogP contribution in [0.2, 0.25) is 0 Å². The smallest absolute Gasteiger partial charge is 0.159 e. The van der Waals surface area contributed by atoms with E-state index in [2.05, 4.69) is 15.9 Å². The van der Waals surface area contributed by atoms with E-state index in [0.717, 1.165) is 0 Å². The molecule has 4 heteroatoms. The van der Waals surface area contributed by atoms with Crippen molar-refractivity contribution >= 4 is 21.7 Å². The second kappa shape index (κ2) is 4.10. The highest BCUT2D eigenvalue weighted by Gasteiger charge is 2.41. The zero-order valence-electron chi connectivity index (χ0n) is 10.0. The summed E-state index contributed by atoms with van der Waals surface area (Å²) in [4.78, 5) is 11.1. The Hall–Kier alpha value is -0.870. The van der Waals surface area contributed by atoms with Crippen molar-refractivity contribution < 1.29 is 14.6 Å². The summed E-state index contributed by atoms with van der Waals surface area (Å²) in [6.45, 7) is 5.34. The zero-order chi connectivity index (χ0) is 12.8. The fourth-order valence-corrected chi connectivity index (χ4v) is 2.35.